The van der Waals surface area contributed by atoms with Crippen LogP contribution in [0.15, 0.2) is 18.2 Å². The lowest BCUT2D eigenvalue weighted by Crippen LogP contribution is -2.12. The average Bonchev–Trinajstić information content (AvgIpc) is 2.25. The van der Waals surface area contributed by atoms with Gasteiger partial charge in [0, 0.05) is 23.0 Å². The minimum Gasteiger partial charge on any atom is -0.326 e. The first-order chi connectivity index (χ1) is 7.65. The molecule has 1 amide bonds. The molecule has 0 aliphatic heterocycles. The van der Waals surface area contributed by atoms with E-state index in [0.29, 0.717) is 17.7 Å². The minimum absolute atomic E-state index is 0.0605. The number of rotatable bonds is 5. The monoisotopic (exact) mass is 287 g/mol. The molecule has 0 heterocycles. The Morgan fingerprint density at radius 1 is 1.44 bits per heavy atom. The van der Waals surface area contributed by atoms with Crippen LogP contribution in [0.25, 0.3) is 0 Å². The number of hydrogen-bond acceptors (Lipinski definition) is 1. The van der Waals surface area contributed by atoms with E-state index in [0.717, 1.165) is 18.2 Å². The van der Waals surface area contributed by atoms with Gasteiger partial charge < -0.3 is 5.32 Å². The molecule has 0 unspecified atom stereocenters. The number of carbonyl (C=O) groups excluding carboxylic acids is 1. The number of halogens is 2. The lowest BCUT2D eigenvalue weighted by Gasteiger charge is -2.08. The van der Waals surface area contributed by atoms with E-state index < -0.39 is 0 Å². The molecule has 1 rings (SSSR count). The number of benzene rings is 1. The van der Waals surface area contributed by atoms with Crippen molar-refractivity contribution < 1.29 is 9.18 Å². The van der Waals surface area contributed by atoms with Gasteiger partial charge in [0.05, 0.1) is 0 Å². The minimum atomic E-state index is -0.293. The van der Waals surface area contributed by atoms with Gasteiger partial charge in [-0.1, -0.05) is 22.0 Å². The van der Waals surface area contributed by atoms with Crippen LogP contribution in [-0.2, 0) is 4.79 Å². The Kier molecular flexibility index (Phi) is 5.46. The van der Waals surface area contributed by atoms with Crippen LogP contribution in [0.4, 0.5) is 10.1 Å². The van der Waals surface area contributed by atoms with Gasteiger partial charge in [0.15, 0.2) is 0 Å². The Morgan fingerprint density at radius 2 is 2.19 bits per heavy atom. The zero-order valence-corrected chi connectivity index (χ0v) is 10.8. The van der Waals surface area contributed by atoms with Crippen LogP contribution in [0.3, 0.4) is 0 Å². The molecule has 0 bridgehead atoms. The number of unbranched alkanes of at least 4 members (excludes halogenated alkanes) is 1. The van der Waals surface area contributed by atoms with Crippen molar-refractivity contribution in [1.29, 1.82) is 0 Å². The standard InChI is InChI=1S/C12H15BrFNO/c1-9-10(14)5-4-6-11(9)15-12(16)7-2-3-8-13/h4-6H,2-3,7-8H2,1H3,(H,15,16). The maximum Gasteiger partial charge on any atom is 0.224 e. The third-order valence-electron chi connectivity index (χ3n) is 2.33. The van der Waals surface area contributed by atoms with E-state index in [-0.39, 0.29) is 11.7 Å². The zero-order chi connectivity index (χ0) is 12.0. The molecule has 0 fully saturated rings. The molecule has 0 saturated heterocycles. The van der Waals surface area contributed by atoms with Gasteiger partial charge in [0.1, 0.15) is 5.82 Å². The molecule has 0 spiro atoms. The van der Waals surface area contributed by atoms with Gasteiger partial charge >= 0.3 is 0 Å². The largest absolute Gasteiger partial charge is 0.326 e. The molecule has 2 nitrogen and oxygen atoms in total. The summed E-state index contributed by atoms with van der Waals surface area (Å²) in [5.74, 6) is -0.354. The number of nitrogens with one attached hydrogen (secondary N) is 1. The third kappa shape index (κ3) is 3.93. The molecule has 1 aromatic rings. The van der Waals surface area contributed by atoms with Crippen LogP contribution in [0.1, 0.15) is 24.8 Å². The average molecular weight is 288 g/mol. The van der Waals surface area contributed by atoms with E-state index in [9.17, 15) is 9.18 Å². The topological polar surface area (TPSA) is 29.1 Å². The molecule has 0 saturated carbocycles. The van der Waals surface area contributed by atoms with Crippen LogP contribution in [0.5, 0.6) is 0 Å². The number of hydrogen-bond donors (Lipinski definition) is 1. The maximum atomic E-state index is 13.2. The number of alkyl halides is 1. The first-order valence-corrected chi connectivity index (χ1v) is 6.38. The van der Waals surface area contributed by atoms with Crippen molar-refractivity contribution in [1.82, 2.24) is 0 Å². The molecular weight excluding hydrogens is 273 g/mol. The lowest BCUT2D eigenvalue weighted by molar-refractivity contribution is -0.116. The highest BCUT2D eigenvalue weighted by Crippen LogP contribution is 2.17. The Hall–Kier alpha value is -0.900. The summed E-state index contributed by atoms with van der Waals surface area (Å²) in [7, 11) is 0. The van der Waals surface area contributed by atoms with Crippen LogP contribution in [0, 0.1) is 12.7 Å². The van der Waals surface area contributed by atoms with Gasteiger partial charge in [-0.2, -0.15) is 0 Å². The van der Waals surface area contributed by atoms with E-state index in [1.165, 1.54) is 6.07 Å². The molecule has 16 heavy (non-hydrogen) atoms. The van der Waals surface area contributed by atoms with E-state index in [2.05, 4.69) is 21.2 Å². The summed E-state index contributed by atoms with van der Waals surface area (Å²) in [4.78, 5) is 11.5. The predicted molar refractivity (Wildman–Crippen MR) is 67.4 cm³/mol. The van der Waals surface area contributed by atoms with Crippen LogP contribution in [-0.4, -0.2) is 11.2 Å². The third-order valence-corrected chi connectivity index (χ3v) is 2.89. The summed E-state index contributed by atoms with van der Waals surface area (Å²) in [6.07, 6.45) is 2.28. The molecule has 88 valence electrons. The number of amides is 1. The molecule has 0 aliphatic rings. The SMILES string of the molecule is Cc1c(F)cccc1NC(=O)CCCCBr. The zero-order valence-electron chi connectivity index (χ0n) is 9.22. The van der Waals surface area contributed by atoms with Crippen LogP contribution in [0.2, 0.25) is 0 Å². The van der Waals surface area contributed by atoms with Crippen molar-refractivity contribution in [2.75, 3.05) is 10.6 Å². The quantitative estimate of drug-likeness (QED) is 0.650. The Bertz CT molecular complexity index is 368. The summed E-state index contributed by atoms with van der Waals surface area (Å²) in [5, 5.41) is 3.62. The molecule has 0 atom stereocenters. The highest BCUT2D eigenvalue weighted by molar-refractivity contribution is 9.09. The molecule has 1 aromatic carbocycles. The molecule has 0 aromatic heterocycles. The number of carbonyl (C=O) groups is 1. The summed E-state index contributed by atoms with van der Waals surface area (Å²) in [5.41, 5.74) is 1.04. The van der Waals surface area contributed by atoms with Gasteiger partial charge in [-0.05, 0) is 31.9 Å². The van der Waals surface area contributed by atoms with Crippen molar-refractivity contribution in [3.63, 3.8) is 0 Å². The summed E-state index contributed by atoms with van der Waals surface area (Å²) < 4.78 is 13.2. The van der Waals surface area contributed by atoms with Gasteiger partial charge in [0.2, 0.25) is 5.91 Å². The fourth-order valence-corrected chi connectivity index (χ4v) is 1.73. The van der Waals surface area contributed by atoms with Crippen LogP contribution < -0.4 is 5.32 Å². The lowest BCUT2D eigenvalue weighted by atomic mass is 10.2. The first-order valence-electron chi connectivity index (χ1n) is 5.26. The second-order valence-electron chi connectivity index (χ2n) is 3.61. The predicted octanol–water partition coefficient (Wildman–Crippen LogP) is 3.64. The summed E-state index contributed by atoms with van der Waals surface area (Å²) >= 11 is 3.31. The van der Waals surface area contributed by atoms with E-state index in [4.69, 9.17) is 0 Å². The highest BCUT2D eigenvalue weighted by Gasteiger charge is 2.06. The number of anilines is 1. The van der Waals surface area contributed by atoms with Crippen molar-refractivity contribution in [2.24, 2.45) is 0 Å². The molecule has 0 radical (unpaired) electrons. The fourth-order valence-electron chi connectivity index (χ4n) is 1.34. The van der Waals surface area contributed by atoms with Crippen molar-refractivity contribution in [3.8, 4) is 0 Å². The highest BCUT2D eigenvalue weighted by atomic mass is 79.9. The second-order valence-corrected chi connectivity index (χ2v) is 4.40. The normalized spacial score (nSPS) is 10.2. The van der Waals surface area contributed by atoms with Crippen LogP contribution >= 0.6 is 15.9 Å². The molecule has 4 heteroatoms. The van der Waals surface area contributed by atoms with Gasteiger partial charge in [-0.3, -0.25) is 4.79 Å². The maximum absolute atomic E-state index is 13.2. The smallest absolute Gasteiger partial charge is 0.224 e. The second kappa shape index (κ2) is 6.63. The van der Waals surface area contributed by atoms with Crippen molar-refractivity contribution >= 4 is 27.5 Å². The van der Waals surface area contributed by atoms with Crippen molar-refractivity contribution in [2.45, 2.75) is 26.2 Å². The Balaban J connectivity index is 2.53. The van der Waals surface area contributed by atoms with Crippen molar-refractivity contribution in [3.05, 3.63) is 29.6 Å². The molecular formula is C12H15BrFNO. The van der Waals surface area contributed by atoms with E-state index in [1.54, 1.807) is 19.1 Å². The Labute approximate surface area is 103 Å². The fraction of sp³-hybridized carbons (Fsp3) is 0.417. The summed E-state index contributed by atoms with van der Waals surface area (Å²) in [6, 6.07) is 4.69. The summed E-state index contributed by atoms with van der Waals surface area (Å²) in [6.45, 7) is 1.66. The Morgan fingerprint density at radius 3 is 2.88 bits per heavy atom. The van der Waals surface area contributed by atoms with E-state index >= 15 is 0 Å². The van der Waals surface area contributed by atoms with Gasteiger partial charge in [-0.25, -0.2) is 4.39 Å². The molecule has 0 aliphatic carbocycles. The van der Waals surface area contributed by atoms with Gasteiger partial charge in [-0.15, -0.1) is 0 Å². The first kappa shape index (κ1) is 13.2. The van der Waals surface area contributed by atoms with E-state index in [1.807, 2.05) is 0 Å². The molecule has 1 N–H and O–H groups in total. The van der Waals surface area contributed by atoms with Gasteiger partial charge in [0.25, 0.3) is 0 Å².